The standard InChI is InChI=1S/C13H11BrO3S2/c14-11-6-7-18-13(11)12(15)9-19(16,17)8-10-4-2-1-3-5-10/h1-7H,8-9H2. The van der Waals surface area contributed by atoms with Gasteiger partial charge in [0.05, 0.1) is 10.6 Å². The summed E-state index contributed by atoms with van der Waals surface area (Å²) in [5, 5.41) is 1.75. The first kappa shape index (κ1) is 14.4. The number of ketones is 1. The molecule has 1 heterocycles. The van der Waals surface area contributed by atoms with Gasteiger partial charge in [-0.3, -0.25) is 4.79 Å². The molecule has 0 spiro atoms. The average Bonchev–Trinajstić information content (AvgIpc) is 2.75. The molecule has 0 radical (unpaired) electrons. The third-order valence-electron chi connectivity index (χ3n) is 2.45. The van der Waals surface area contributed by atoms with E-state index in [1.165, 1.54) is 11.3 Å². The van der Waals surface area contributed by atoms with E-state index in [1.807, 2.05) is 6.07 Å². The fraction of sp³-hybridized carbons (Fsp3) is 0.154. The van der Waals surface area contributed by atoms with E-state index in [-0.39, 0.29) is 11.5 Å². The maximum absolute atomic E-state index is 12.0. The highest BCUT2D eigenvalue weighted by atomic mass is 79.9. The van der Waals surface area contributed by atoms with Crippen LogP contribution in [0.5, 0.6) is 0 Å². The SMILES string of the molecule is O=C(CS(=O)(=O)Cc1ccccc1)c1sccc1Br. The molecular formula is C13H11BrO3S2. The maximum Gasteiger partial charge on any atom is 0.188 e. The molecule has 0 aliphatic heterocycles. The van der Waals surface area contributed by atoms with Crippen LogP contribution < -0.4 is 0 Å². The first-order valence-electron chi connectivity index (χ1n) is 5.48. The summed E-state index contributed by atoms with van der Waals surface area (Å²) in [5.74, 6) is -0.929. The van der Waals surface area contributed by atoms with Crippen molar-refractivity contribution in [3.05, 3.63) is 56.7 Å². The van der Waals surface area contributed by atoms with Crippen LogP contribution in [0.25, 0.3) is 0 Å². The van der Waals surface area contributed by atoms with Gasteiger partial charge < -0.3 is 0 Å². The van der Waals surface area contributed by atoms with Crippen molar-refractivity contribution >= 4 is 42.9 Å². The van der Waals surface area contributed by atoms with Crippen LogP contribution in [-0.4, -0.2) is 20.0 Å². The number of thiophene rings is 1. The monoisotopic (exact) mass is 358 g/mol. The first-order valence-corrected chi connectivity index (χ1v) is 8.98. The molecule has 0 bridgehead atoms. The molecule has 3 nitrogen and oxygen atoms in total. The van der Waals surface area contributed by atoms with Gasteiger partial charge in [-0.1, -0.05) is 30.3 Å². The van der Waals surface area contributed by atoms with Gasteiger partial charge in [0.1, 0.15) is 5.75 Å². The van der Waals surface area contributed by atoms with Crippen molar-refractivity contribution < 1.29 is 13.2 Å². The van der Waals surface area contributed by atoms with Gasteiger partial charge in [0.25, 0.3) is 0 Å². The zero-order chi connectivity index (χ0) is 13.9. The number of hydrogen-bond donors (Lipinski definition) is 0. The van der Waals surface area contributed by atoms with Crippen LogP contribution in [-0.2, 0) is 15.6 Å². The molecule has 1 aromatic carbocycles. The Labute approximate surface area is 124 Å². The van der Waals surface area contributed by atoms with Crippen molar-refractivity contribution in [2.45, 2.75) is 5.75 Å². The highest BCUT2D eigenvalue weighted by Gasteiger charge is 2.21. The van der Waals surface area contributed by atoms with Gasteiger partial charge in [0.15, 0.2) is 15.6 Å². The molecule has 0 saturated heterocycles. The molecule has 2 rings (SSSR count). The van der Waals surface area contributed by atoms with Crippen LogP contribution >= 0.6 is 27.3 Å². The predicted molar refractivity (Wildman–Crippen MR) is 80.3 cm³/mol. The Kier molecular flexibility index (Phi) is 4.54. The summed E-state index contributed by atoms with van der Waals surface area (Å²) in [7, 11) is -3.44. The van der Waals surface area contributed by atoms with E-state index in [0.717, 1.165) is 0 Å². The van der Waals surface area contributed by atoms with Crippen LogP contribution in [0.2, 0.25) is 0 Å². The number of benzene rings is 1. The largest absolute Gasteiger partial charge is 0.292 e. The van der Waals surface area contributed by atoms with Crippen molar-refractivity contribution in [1.82, 2.24) is 0 Å². The van der Waals surface area contributed by atoms with E-state index >= 15 is 0 Å². The summed E-state index contributed by atoms with van der Waals surface area (Å²) in [6.07, 6.45) is 0. The smallest absolute Gasteiger partial charge is 0.188 e. The van der Waals surface area contributed by atoms with Gasteiger partial charge in [-0.25, -0.2) is 8.42 Å². The highest BCUT2D eigenvalue weighted by Crippen LogP contribution is 2.23. The van der Waals surface area contributed by atoms with E-state index in [4.69, 9.17) is 0 Å². The third kappa shape index (κ3) is 3.99. The molecule has 0 N–H and O–H groups in total. The zero-order valence-electron chi connectivity index (χ0n) is 9.87. The predicted octanol–water partition coefficient (Wildman–Crippen LogP) is 3.31. The zero-order valence-corrected chi connectivity index (χ0v) is 13.1. The molecule has 0 unspecified atom stereocenters. The van der Waals surface area contributed by atoms with E-state index in [0.29, 0.717) is 14.9 Å². The number of hydrogen-bond acceptors (Lipinski definition) is 4. The molecule has 0 amide bonds. The minimum atomic E-state index is -3.44. The van der Waals surface area contributed by atoms with Gasteiger partial charge >= 0.3 is 0 Å². The lowest BCUT2D eigenvalue weighted by Crippen LogP contribution is -2.17. The van der Waals surface area contributed by atoms with Gasteiger partial charge in [-0.15, -0.1) is 11.3 Å². The molecule has 0 aliphatic carbocycles. The second-order valence-electron chi connectivity index (χ2n) is 4.04. The summed E-state index contributed by atoms with van der Waals surface area (Å²) in [6, 6.07) is 10.6. The fourth-order valence-electron chi connectivity index (χ4n) is 1.64. The Bertz CT molecular complexity index is 675. The Balaban J connectivity index is 2.10. The van der Waals surface area contributed by atoms with Crippen LogP contribution in [0, 0.1) is 0 Å². The summed E-state index contributed by atoms with van der Waals surface area (Å²) in [5.41, 5.74) is 0.695. The van der Waals surface area contributed by atoms with Crippen LogP contribution in [0.1, 0.15) is 15.2 Å². The van der Waals surface area contributed by atoms with Crippen molar-refractivity contribution in [2.24, 2.45) is 0 Å². The number of carbonyl (C=O) groups excluding carboxylic acids is 1. The van der Waals surface area contributed by atoms with Gasteiger partial charge in [-0.05, 0) is 32.9 Å². The number of Topliss-reactive ketones (excluding diaryl/α,β-unsaturated/α-hetero) is 1. The normalized spacial score (nSPS) is 11.4. The Morgan fingerprint density at radius 2 is 1.84 bits per heavy atom. The average molecular weight is 359 g/mol. The van der Waals surface area contributed by atoms with Crippen LogP contribution in [0.15, 0.2) is 46.3 Å². The highest BCUT2D eigenvalue weighted by molar-refractivity contribution is 9.10. The Hall–Kier alpha value is -0.980. The lowest BCUT2D eigenvalue weighted by Gasteiger charge is -2.03. The maximum atomic E-state index is 12.0. The van der Waals surface area contributed by atoms with E-state index in [9.17, 15) is 13.2 Å². The van der Waals surface area contributed by atoms with Crippen LogP contribution in [0.3, 0.4) is 0 Å². The van der Waals surface area contributed by atoms with Crippen molar-refractivity contribution in [1.29, 1.82) is 0 Å². The molecule has 100 valence electrons. The van der Waals surface area contributed by atoms with E-state index in [1.54, 1.807) is 35.7 Å². The minimum absolute atomic E-state index is 0.109. The van der Waals surface area contributed by atoms with Crippen LogP contribution in [0.4, 0.5) is 0 Å². The quantitative estimate of drug-likeness (QED) is 0.770. The van der Waals surface area contributed by atoms with E-state index < -0.39 is 15.6 Å². The lowest BCUT2D eigenvalue weighted by molar-refractivity contribution is 0.102. The Morgan fingerprint density at radius 1 is 1.16 bits per heavy atom. The molecule has 0 saturated carbocycles. The number of carbonyl (C=O) groups is 1. The number of halogens is 1. The van der Waals surface area contributed by atoms with Crippen molar-refractivity contribution in [3.8, 4) is 0 Å². The molecule has 1 aromatic heterocycles. The van der Waals surface area contributed by atoms with Crippen molar-refractivity contribution in [2.75, 3.05) is 5.75 Å². The molecular weight excluding hydrogens is 348 g/mol. The Morgan fingerprint density at radius 3 is 2.42 bits per heavy atom. The van der Waals surface area contributed by atoms with Crippen molar-refractivity contribution in [3.63, 3.8) is 0 Å². The lowest BCUT2D eigenvalue weighted by atomic mass is 10.2. The van der Waals surface area contributed by atoms with Gasteiger partial charge in [0, 0.05) is 4.47 Å². The summed E-state index contributed by atoms with van der Waals surface area (Å²) >= 11 is 4.48. The summed E-state index contributed by atoms with van der Waals surface area (Å²) in [6.45, 7) is 0. The molecule has 0 aliphatic rings. The van der Waals surface area contributed by atoms with E-state index in [2.05, 4.69) is 15.9 Å². The summed E-state index contributed by atoms with van der Waals surface area (Å²) in [4.78, 5) is 12.4. The number of rotatable bonds is 5. The number of sulfone groups is 1. The fourth-order valence-corrected chi connectivity index (χ4v) is 4.61. The topological polar surface area (TPSA) is 51.2 Å². The minimum Gasteiger partial charge on any atom is -0.292 e. The molecule has 6 heteroatoms. The molecule has 2 aromatic rings. The van der Waals surface area contributed by atoms with Gasteiger partial charge in [0.2, 0.25) is 0 Å². The second-order valence-corrected chi connectivity index (χ2v) is 7.87. The molecule has 0 atom stereocenters. The molecule has 0 fully saturated rings. The second kappa shape index (κ2) is 5.98. The first-order chi connectivity index (χ1) is 8.98. The third-order valence-corrected chi connectivity index (χ3v) is 5.80. The van der Waals surface area contributed by atoms with Gasteiger partial charge in [-0.2, -0.15) is 0 Å². The summed E-state index contributed by atoms with van der Waals surface area (Å²) < 4.78 is 24.6. The molecule has 19 heavy (non-hydrogen) atoms.